The highest BCUT2D eigenvalue weighted by Gasteiger charge is 2.25. The van der Waals surface area contributed by atoms with Crippen molar-refractivity contribution in [2.24, 2.45) is 0 Å². The van der Waals surface area contributed by atoms with E-state index < -0.39 is 5.60 Å². The lowest BCUT2D eigenvalue weighted by molar-refractivity contribution is -0.0226. The van der Waals surface area contributed by atoms with Crippen molar-refractivity contribution in [2.75, 3.05) is 6.61 Å². The first-order chi connectivity index (χ1) is 9.20. The average molecular weight is 264 g/mol. The van der Waals surface area contributed by atoms with Gasteiger partial charge in [0.05, 0.1) is 12.2 Å². The van der Waals surface area contributed by atoms with E-state index in [1.807, 2.05) is 30.3 Å². The predicted molar refractivity (Wildman–Crippen MR) is 80.2 cm³/mol. The Bertz CT molecular complexity index is 323. The van der Waals surface area contributed by atoms with Crippen molar-refractivity contribution < 1.29 is 10.2 Å². The van der Waals surface area contributed by atoms with Crippen LogP contribution >= 0.6 is 0 Å². The average Bonchev–Trinajstić information content (AvgIpc) is 2.44. The molecule has 1 aromatic carbocycles. The number of aliphatic hydroxyl groups excluding tert-OH is 1. The lowest BCUT2D eigenvalue weighted by atomic mass is 9.89. The van der Waals surface area contributed by atoms with Gasteiger partial charge in [0.1, 0.15) is 0 Å². The van der Waals surface area contributed by atoms with Crippen LogP contribution in [0.25, 0.3) is 0 Å². The largest absolute Gasteiger partial charge is 0.393 e. The van der Waals surface area contributed by atoms with Crippen LogP contribution in [-0.2, 0) is 6.42 Å². The predicted octanol–water partition coefficient (Wildman–Crippen LogP) is 3.70. The van der Waals surface area contributed by atoms with Crippen LogP contribution in [0.5, 0.6) is 0 Å². The summed E-state index contributed by atoms with van der Waals surface area (Å²) < 4.78 is 0. The van der Waals surface area contributed by atoms with Gasteiger partial charge in [-0.2, -0.15) is 0 Å². The summed E-state index contributed by atoms with van der Waals surface area (Å²) in [6.45, 7) is 2.06. The second kappa shape index (κ2) is 9.11. The van der Waals surface area contributed by atoms with Gasteiger partial charge < -0.3 is 10.2 Å². The third-order valence-electron chi connectivity index (χ3n) is 3.67. The molecule has 0 amide bonds. The zero-order valence-electron chi connectivity index (χ0n) is 12.1. The number of rotatable bonds is 10. The van der Waals surface area contributed by atoms with Gasteiger partial charge in [-0.15, -0.1) is 0 Å². The van der Waals surface area contributed by atoms with Crippen molar-refractivity contribution >= 4 is 0 Å². The van der Waals surface area contributed by atoms with Crippen LogP contribution in [-0.4, -0.2) is 22.4 Å². The van der Waals surface area contributed by atoms with Crippen LogP contribution in [0.3, 0.4) is 0 Å². The summed E-state index contributed by atoms with van der Waals surface area (Å²) >= 11 is 0. The van der Waals surface area contributed by atoms with Crippen molar-refractivity contribution in [1.29, 1.82) is 0 Å². The zero-order chi connectivity index (χ0) is 14.0. The zero-order valence-corrected chi connectivity index (χ0v) is 12.1. The molecule has 0 aliphatic rings. The van der Waals surface area contributed by atoms with Gasteiger partial charge in [0.15, 0.2) is 0 Å². The molecule has 1 rings (SSSR count). The number of unbranched alkanes of at least 4 members (excludes halogenated alkanes) is 5. The molecule has 0 aliphatic heterocycles. The third kappa shape index (κ3) is 6.74. The summed E-state index contributed by atoms with van der Waals surface area (Å²) in [7, 11) is 0. The number of aliphatic hydroxyl groups is 2. The number of benzene rings is 1. The maximum absolute atomic E-state index is 10.4. The molecule has 2 nitrogen and oxygen atoms in total. The smallest absolute Gasteiger partial charge is 0.0917 e. The van der Waals surface area contributed by atoms with E-state index in [1.165, 1.54) is 25.7 Å². The fourth-order valence-electron chi connectivity index (χ4n) is 2.43. The summed E-state index contributed by atoms with van der Waals surface area (Å²) in [5.41, 5.74) is 0.136. The van der Waals surface area contributed by atoms with Crippen molar-refractivity contribution in [2.45, 2.75) is 63.9 Å². The minimum Gasteiger partial charge on any atom is -0.393 e. The molecule has 0 radical (unpaired) electrons. The van der Waals surface area contributed by atoms with Crippen LogP contribution in [0.1, 0.15) is 57.4 Å². The van der Waals surface area contributed by atoms with Gasteiger partial charge in [-0.25, -0.2) is 0 Å². The molecular formula is C17H28O2. The van der Waals surface area contributed by atoms with Gasteiger partial charge in [0.2, 0.25) is 0 Å². The molecule has 19 heavy (non-hydrogen) atoms. The van der Waals surface area contributed by atoms with E-state index in [1.54, 1.807) is 0 Å². The fraction of sp³-hybridized carbons (Fsp3) is 0.647. The summed E-state index contributed by atoms with van der Waals surface area (Å²) in [5, 5.41) is 19.9. The topological polar surface area (TPSA) is 40.5 Å². The minimum atomic E-state index is -0.952. The number of hydrogen-bond donors (Lipinski definition) is 2. The molecule has 1 unspecified atom stereocenters. The lowest BCUT2D eigenvalue weighted by Crippen LogP contribution is -2.35. The standard InChI is InChI=1S/C17H28O2/c1-2-3-4-5-6-10-13-17(19,15-18)14-16-11-8-7-9-12-16/h7-9,11-12,18-19H,2-6,10,13-15H2,1H3. The Morgan fingerprint density at radius 2 is 1.58 bits per heavy atom. The van der Waals surface area contributed by atoms with E-state index in [0.717, 1.165) is 18.4 Å². The Kier molecular flexibility index (Phi) is 7.76. The molecule has 0 fully saturated rings. The van der Waals surface area contributed by atoms with Gasteiger partial charge >= 0.3 is 0 Å². The molecule has 2 N–H and O–H groups in total. The molecule has 108 valence electrons. The molecule has 0 aromatic heterocycles. The molecule has 2 heteroatoms. The lowest BCUT2D eigenvalue weighted by Gasteiger charge is -2.26. The van der Waals surface area contributed by atoms with Crippen LogP contribution in [0.4, 0.5) is 0 Å². The van der Waals surface area contributed by atoms with Crippen molar-refractivity contribution in [3.63, 3.8) is 0 Å². The highest BCUT2D eigenvalue weighted by molar-refractivity contribution is 5.17. The van der Waals surface area contributed by atoms with Crippen LogP contribution in [0, 0.1) is 0 Å². The Morgan fingerprint density at radius 1 is 0.947 bits per heavy atom. The number of hydrogen-bond acceptors (Lipinski definition) is 2. The molecule has 0 aliphatic carbocycles. The van der Waals surface area contributed by atoms with Crippen molar-refractivity contribution in [3.8, 4) is 0 Å². The normalized spacial score (nSPS) is 14.3. The summed E-state index contributed by atoms with van der Waals surface area (Å²) in [6.07, 6.45) is 8.45. The monoisotopic (exact) mass is 264 g/mol. The van der Waals surface area contributed by atoms with Crippen molar-refractivity contribution in [3.05, 3.63) is 35.9 Å². The van der Waals surface area contributed by atoms with E-state index in [9.17, 15) is 10.2 Å². The van der Waals surface area contributed by atoms with Gasteiger partial charge in [0.25, 0.3) is 0 Å². The maximum Gasteiger partial charge on any atom is 0.0917 e. The first kappa shape index (κ1) is 16.2. The van der Waals surface area contributed by atoms with Crippen LogP contribution in [0.15, 0.2) is 30.3 Å². The molecule has 0 saturated carbocycles. The second-order valence-electron chi connectivity index (χ2n) is 5.56. The molecule has 0 spiro atoms. The van der Waals surface area contributed by atoms with Gasteiger partial charge in [0, 0.05) is 6.42 Å². The highest BCUT2D eigenvalue weighted by atomic mass is 16.3. The van der Waals surface area contributed by atoms with Gasteiger partial charge in [-0.05, 0) is 12.0 Å². The highest BCUT2D eigenvalue weighted by Crippen LogP contribution is 2.21. The van der Waals surface area contributed by atoms with Crippen molar-refractivity contribution in [1.82, 2.24) is 0 Å². The Morgan fingerprint density at radius 3 is 2.21 bits per heavy atom. The SMILES string of the molecule is CCCCCCCCC(O)(CO)Cc1ccccc1. The molecule has 0 saturated heterocycles. The van der Waals surface area contributed by atoms with Gasteiger partial charge in [-0.3, -0.25) is 0 Å². The van der Waals surface area contributed by atoms with Crippen LogP contribution in [0.2, 0.25) is 0 Å². The second-order valence-corrected chi connectivity index (χ2v) is 5.56. The fourth-order valence-corrected chi connectivity index (χ4v) is 2.43. The van der Waals surface area contributed by atoms with E-state index in [0.29, 0.717) is 12.8 Å². The molecule has 0 bridgehead atoms. The molecule has 0 heterocycles. The molecular weight excluding hydrogens is 236 g/mol. The van der Waals surface area contributed by atoms with E-state index in [2.05, 4.69) is 6.92 Å². The summed E-state index contributed by atoms with van der Waals surface area (Å²) in [5.74, 6) is 0. The molecule has 1 aromatic rings. The van der Waals surface area contributed by atoms with E-state index in [4.69, 9.17) is 0 Å². The summed E-state index contributed by atoms with van der Waals surface area (Å²) in [4.78, 5) is 0. The Labute approximate surface area is 117 Å². The Hall–Kier alpha value is -0.860. The summed E-state index contributed by atoms with van der Waals surface area (Å²) in [6, 6.07) is 9.91. The maximum atomic E-state index is 10.4. The van der Waals surface area contributed by atoms with E-state index >= 15 is 0 Å². The van der Waals surface area contributed by atoms with Gasteiger partial charge in [-0.1, -0.05) is 75.8 Å². The Balaban J connectivity index is 2.30. The third-order valence-corrected chi connectivity index (χ3v) is 3.67. The van der Waals surface area contributed by atoms with Crippen LogP contribution < -0.4 is 0 Å². The molecule has 1 atom stereocenters. The minimum absolute atomic E-state index is 0.156. The first-order valence-electron chi connectivity index (χ1n) is 7.57. The van der Waals surface area contributed by atoms with E-state index in [-0.39, 0.29) is 6.61 Å². The first-order valence-corrected chi connectivity index (χ1v) is 7.57. The quantitative estimate of drug-likeness (QED) is 0.633.